The van der Waals surface area contributed by atoms with Crippen molar-refractivity contribution in [1.82, 2.24) is 15.1 Å². The molecule has 2 aliphatic heterocycles. The van der Waals surface area contributed by atoms with Gasteiger partial charge in [-0.25, -0.2) is 4.99 Å². The Bertz CT molecular complexity index is 584. The number of carbonyl (C=O) groups is 1. The average molecular weight is 406 g/mol. The van der Waals surface area contributed by atoms with Crippen molar-refractivity contribution in [2.24, 2.45) is 10.7 Å². The van der Waals surface area contributed by atoms with E-state index in [1.54, 1.807) is 0 Å². The second-order valence-corrected chi connectivity index (χ2v) is 8.91. The molecule has 2 saturated heterocycles. The lowest BCUT2D eigenvalue weighted by molar-refractivity contribution is -0.128. The summed E-state index contributed by atoms with van der Waals surface area (Å²) in [4.78, 5) is 21.8. The number of aliphatic hydroxyl groups is 1. The molecule has 7 heteroatoms. The minimum absolute atomic E-state index is 0.00200. The smallest absolute Gasteiger partial charge is 0.272 e. The summed E-state index contributed by atoms with van der Waals surface area (Å²) >= 11 is 0. The minimum atomic E-state index is -0.139. The maximum atomic E-state index is 13.1. The Morgan fingerprint density at radius 3 is 2.34 bits per heavy atom. The summed E-state index contributed by atoms with van der Waals surface area (Å²) in [6.45, 7) is 6.13. The van der Waals surface area contributed by atoms with Gasteiger partial charge in [-0.3, -0.25) is 4.79 Å². The highest BCUT2D eigenvalue weighted by atomic mass is 16.3. The molecule has 4 N–H and O–H groups in total. The molecule has 1 amide bonds. The van der Waals surface area contributed by atoms with Crippen molar-refractivity contribution in [3.8, 4) is 0 Å². The summed E-state index contributed by atoms with van der Waals surface area (Å²) in [7, 11) is 0. The van der Waals surface area contributed by atoms with Crippen LogP contribution in [0.3, 0.4) is 0 Å². The Morgan fingerprint density at radius 2 is 1.72 bits per heavy atom. The minimum Gasteiger partial charge on any atom is -0.393 e. The van der Waals surface area contributed by atoms with Crippen molar-refractivity contribution in [1.29, 1.82) is 0 Å². The first-order valence-electron chi connectivity index (χ1n) is 11.5. The topological polar surface area (TPSA) is 94.2 Å². The monoisotopic (exact) mass is 405 g/mol. The first kappa shape index (κ1) is 22.2. The van der Waals surface area contributed by atoms with E-state index in [1.807, 2.05) is 11.8 Å². The van der Waals surface area contributed by atoms with E-state index < -0.39 is 0 Å². The van der Waals surface area contributed by atoms with Crippen LogP contribution in [0.25, 0.3) is 0 Å². The molecule has 7 nitrogen and oxygen atoms in total. The molecule has 0 atom stereocenters. The molecule has 0 aromatic heterocycles. The number of nitrogens with two attached hydrogens (primary N) is 1. The number of hydrogen-bond acceptors (Lipinski definition) is 5. The van der Waals surface area contributed by atoms with Gasteiger partial charge >= 0.3 is 0 Å². The summed E-state index contributed by atoms with van der Waals surface area (Å²) in [5.74, 6) is 0.00200. The fourth-order valence-corrected chi connectivity index (χ4v) is 4.95. The fraction of sp³-hybridized carbons (Fsp3) is 0.818. The number of nitrogens with one attached hydrogen (secondary N) is 1. The maximum Gasteiger partial charge on any atom is 0.272 e. The normalized spacial score (nSPS) is 24.8. The predicted molar refractivity (Wildman–Crippen MR) is 117 cm³/mol. The van der Waals surface area contributed by atoms with Crippen LogP contribution in [0.5, 0.6) is 0 Å². The molecule has 0 bridgehead atoms. The number of piperidine rings is 2. The number of carbonyl (C=O) groups excluding carboxylic acids is 1. The van der Waals surface area contributed by atoms with Crippen molar-refractivity contribution in [3.63, 3.8) is 0 Å². The highest BCUT2D eigenvalue weighted by Gasteiger charge is 2.30. The molecule has 0 aromatic carbocycles. The lowest BCUT2D eigenvalue weighted by atomic mass is 9.95. The van der Waals surface area contributed by atoms with E-state index >= 15 is 0 Å². The van der Waals surface area contributed by atoms with Crippen molar-refractivity contribution in [2.45, 2.75) is 82.9 Å². The zero-order valence-electron chi connectivity index (χ0n) is 18.0. The van der Waals surface area contributed by atoms with Crippen LogP contribution in [0.2, 0.25) is 0 Å². The number of aliphatic hydroxyl groups excluding tert-OH is 1. The Balaban J connectivity index is 1.53. The lowest BCUT2D eigenvalue weighted by Gasteiger charge is -2.41. The van der Waals surface area contributed by atoms with Crippen molar-refractivity contribution in [3.05, 3.63) is 11.3 Å². The molecular weight excluding hydrogens is 366 g/mol. The van der Waals surface area contributed by atoms with Gasteiger partial charge in [-0.2, -0.15) is 0 Å². The van der Waals surface area contributed by atoms with E-state index in [0.29, 0.717) is 24.3 Å². The van der Waals surface area contributed by atoms with Crippen LogP contribution in [-0.4, -0.2) is 78.1 Å². The molecule has 0 unspecified atom stereocenters. The van der Waals surface area contributed by atoms with Crippen LogP contribution in [0.4, 0.5) is 0 Å². The van der Waals surface area contributed by atoms with Crippen molar-refractivity contribution in [2.75, 3.05) is 32.7 Å². The van der Waals surface area contributed by atoms with Crippen LogP contribution >= 0.6 is 0 Å². The second kappa shape index (κ2) is 11.1. The summed E-state index contributed by atoms with van der Waals surface area (Å²) in [6.07, 6.45) is 11.2. The largest absolute Gasteiger partial charge is 0.393 e. The molecular formula is C22H39N5O2. The predicted octanol–water partition coefficient (Wildman–Crippen LogP) is 1.62. The molecule has 3 fully saturated rings. The SMILES string of the molecule is CC(CNC1CCCCC1)=C(N=CN)C(=O)N1CCC(N2CCC(O)CC2)CC1. The average Bonchev–Trinajstić information content (AvgIpc) is 2.77. The third kappa shape index (κ3) is 6.27. The lowest BCUT2D eigenvalue weighted by Crippen LogP contribution is -2.49. The van der Waals surface area contributed by atoms with E-state index in [4.69, 9.17) is 5.73 Å². The van der Waals surface area contributed by atoms with Crippen LogP contribution in [0.1, 0.15) is 64.7 Å². The number of hydrogen-bond donors (Lipinski definition) is 3. The summed E-state index contributed by atoms with van der Waals surface area (Å²) in [6, 6.07) is 1.07. The van der Waals surface area contributed by atoms with Crippen molar-refractivity contribution < 1.29 is 9.90 Å². The summed E-state index contributed by atoms with van der Waals surface area (Å²) in [5.41, 5.74) is 7.02. The van der Waals surface area contributed by atoms with Gasteiger partial charge in [0.15, 0.2) is 0 Å². The molecule has 3 rings (SSSR count). The van der Waals surface area contributed by atoms with E-state index in [1.165, 1.54) is 38.4 Å². The number of likely N-dealkylation sites (tertiary alicyclic amines) is 2. The number of amides is 1. The molecule has 0 radical (unpaired) electrons. The first-order valence-corrected chi connectivity index (χ1v) is 11.5. The van der Waals surface area contributed by atoms with Crippen LogP contribution in [0, 0.1) is 0 Å². The highest BCUT2D eigenvalue weighted by molar-refractivity contribution is 5.95. The van der Waals surface area contributed by atoms with Crippen molar-refractivity contribution >= 4 is 12.2 Å². The molecule has 3 aliphatic rings. The third-order valence-corrected chi connectivity index (χ3v) is 6.84. The Hall–Kier alpha value is -1.44. The Kier molecular flexibility index (Phi) is 8.51. The summed E-state index contributed by atoms with van der Waals surface area (Å²) in [5, 5.41) is 13.3. The number of nitrogens with zero attached hydrogens (tertiary/aromatic N) is 3. The van der Waals surface area contributed by atoms with Crippen LogP contribution in [-0.2, 0) is 4.79 Å². The first-order chi connectivity index (χ1) is 14.1. The van der Waals surface area contributed by atoms with Gasteiger partial charge in [-0.15, -0.1) is 0 Å². The fourth-order valence-electron chi connectivity index (χ4n) is 4.95. The second-order valence-electron chi connectivity index (χ2n) is 8.91. The van der Waals surface area contributed by atoms with Gasteiger partial charge in [-0.1, -0.05) is 19.3 Å². The number of aliphatic imine (C=N–C) groups is 1. The molecule has 1 aliphatic carbocycles. The van der Waals surface area contributed by atoms with Gasteiger partial charge in [0.2, 0.25) is 0 Å². The number of rotatable bonds is 6. The molecule has 0 spiro atoms. The van der Waals surface area contributed by atoms with Crippen LogP contribution in [0.15, 0.2) is 16.3 Å². The van der Waals surface area contributed by atoms with Gasteiger partial charge in [0, 0.05) is 44.8 Å². The molecule has 164 valence electrons. The zero-order valence-corrected chi connectivity index (χ0v) is 18.0. The van der Waals surface area contributed by atoms with Gasteiger partial charge in [0.25, 0.3) is 5.91 Å². The van der Waals surface area contributed by atoms with Gasteiger partial charge in [0.05, 0.1) is 12.4 Å². The van der Waals surface area contributed by atoms with E-state index in [2.05, 4.69) is 15.2 Å². The van der Waals surface area contributed by atoms with E-state index in [0.717, 1.165) is 57.4 Å². The molecule has 1 saturated carbocycles. The van der Waals surface area contributed by atoms with E-state index in [9.17, 15) is 9.90 Å². The maximum absolute atomic E-state index is 13.1. The quantitative estimate of drug-likeness (QED) is 0.355. The van der Waals surface area contributed by atoms with Gasteiger partial charge < -0.3 is 26.0 Å². The van der Waals surface area contributed by atoms with Gasteiger partial charge in [0.1, 0.15) is 5.70 Å². The molecule has 29 heavy (non-hydrogen) atoms. The van der Waals surface area contributed by atoms with E-state index in [-0.39, 0.29) is 12.0 Å². The Labute approximate surface area is 175 Å². The summed E-state index contributed by atoms with van der Waals surface area (Å²) < 4.78 is 0. The highest BCUT2D eigenvalue weighted by Crippen LogP contribution is 2.23. The zero-order chi connectivity index (χ0) is 20.6. The van der Waals surface area contributed by atoms with Crippen LogP contribution < -0.4 is 11.1 Å². The molecule has 2 heterocycles. The third-order valence-electron chi connectivity index (χ3n) is 6.84. The van der Waals surface area contributed by atoms with Gasteiger partial charge in [-0.05, 0) is 51.0 Å². The standard InChI is InChI=1S/C22H39N5O2/c1-17(15-24-18-5-3-2-4-6-18)21(25-16-23)22(29)27-11-7-19(8-12-27)26-13-9-20(28)10-14-26/h16,18-20,24,28H,2-15H2,1H3,(H2,23,25). The molecule has 0 aromatic rings. The Morgan fingerprint density at radius 1 is 1.07 bits per heavy atom.